The highest BCUT2D eigenvalue weighted by Crippen LogP contribution is 2.30. The second kappa shape index (κ2) is 31.4. The third kappa shape index (κ3) is 19.6. The van der Waals surface area contributed by atoms with E-state index in [-0.39, 0.29) is 60.2 Å². The number of benzene rings is 2. The summed E-state index contributed by atoms with van der Waals surface area (Å²) >= 11 is 0. The van der Waals surface area contributed by atoms with Gasteiger partial charge in [0.25, 0.3) is 5.91 Å². The molecule has 2 aromatic carbocycles. The van der Waals surface area contributed by atoms with Gasteiger partial charge in [0.2, 0.25) is 47.3 Å². The minimum Gasteiger partial charge on any atom is -0.397 e. The monoisotopic (exact) mass is 1060 g/mol. The molecule has 0 aromatic heterocycles. The van der Waals surface area contributed by atoms with Crippen molar-refractivity contribution in [2.45, 2.75) is 103 Å². The highest BCUT2D eigenvalue weighted by atomic mass is 16.5. The molecular weight excluding hydrogens is 987 g/mol. The predicted molar refractivity (Wildman–Crippen MR) is 283 cm³/mol. The third-order valence-electron chi connectivity index (χ3n) is 13.2. The van der Waals surface area contributed by atoms with E-state index in [1.807, 2.05) is 27.7 Å². The van der Waals surface area contributed by atoms with E-state index in [1.165, 1.54) is 32.4 Å². The molecule has 0 aliphatic carbocycles. The summed E-state index contributed by atoms with van der Waals surface area (Å²) in [5.74, 6) is -5.58. The largest absolute Gasteiger partial charge is 0.397 e. The smallest absolute Gasteiger partial charge is 0.251 e. The number of nitrogen functional groups attached to an aromatic ring is 2. The lowest BCUT2D eigenvalue weighted by Crippen LogP contribution is -2.56. The van der Waals surface area contributed by atoms with E-state index in [1.54, 1.807) is 48.0 Å². The maximum atomic E-state index is 14.1. The van der Waals surface area contributed by atoms with Crippen LogP contribution < -0.4 is 54.4 Å². The van der Waals surface area contributed by atoms with Crippen molar-refractivity contribution in [2.75, 3.05) is 83.9 Å². The molecule has 1 fully saturated rings. The Kier molecular flexibility index (Phi) is 25.9. The molecule has 0 radical (unpaired) electrons. The molecule has 8 atom stereocenters. The molecule has 9 amide bonds. The Balaban J connectivity index is 1.46. The van der Waals surface area contributed by atoms with Gasteiger partial charge in [-0.1, -0.05) is 58.3 Å². The van der Waals surface area contributed by atoms with E-state index in [2.05, 4.69) is 47.2 Å². The summed E-state index contributed by atoms with van der Waals surface area (Å²) in [7, 11) is 4.72. The number of ether oxygens (including phenoxy) is 2. The molecule has 26 heteroatoms. The molecule has 0 bridgehead atoms. The first-order chi connectivity index (χ1) is 36.0. The van der Waals surface area contributed by atoms with Gasteiger partial charge < -0.3 is 73.7 Å². The average molecular weight is 1060 g/mol. The fraction of sp³-hybridized carbons (Fsp3) is 0.580. The van der Waals surface area contributed by atoms with Crippen LogP contribution in [0.1, 0.15) is 76.2 Å². The highest BCUT2D eigenvalue weighted by Gasteiger charge is 2.42. The van der Waals surface area contributed by atoms with Crippen LogP contribution in [0.15, 0.2) is 47.6 Å². The highest BCUT2D eigenvalue weighted by molar-refractivity contribution is 5.98. The van der Waals surface area contributed by atoms with Crippen LogP contribution in [0.5, 0.6) is 0 Å². The molecule has 26 nitrogen and oxygen atoms in total. The summed E-state index contributed by atoms with van der Waals surface area (Å²) < 4.78 is 11.9. The molecule has 418 valence electrons. The number of nitrogens with two attached hydrogens (primary N) is 3. The van der Waals surface area contributed by atoms with Gasteiger partial charge in [0.15, 0.2) is 0 Å². The van der Waals surface area contributed by atoms with Crippen molar-refractivity contribution in [3.63, 3.8) is 0 Å². The zero-order valence-corrected chi connectivity index (χ0v) is 44.7. The number of hydrogen-bond donors (Lipinski definition) is 10. The second-order valence-electron chi connectivity index (χ2n) is 19.1. The summed E-state index contributed by atoms with van der Waals surface area (Å²) in [4.78, 5) is 121. The predicted octanol–water partition coefficient (Wildman–Crippen LogP) is -0.0745. The first kappa shape index (κ1) is 62.8. The first-order valence-corrected chi connectivity index (χ1v) is 25.1. The summed E-state index contributed by atoms with van der Waals surface area (Å²) in [6.45, 7) is 7.50. The molecular formula is C50H77N15O11. The van der Waals surface area contributed by atoms with E-state index in [0.29, 0.717) is 30.8 Å². The number of nitrogens with zero attached hydrogens (tertiary/aromatic N) is 5. The molecule has 76 heavy (non-hydrogen) atoms. The zero-order valence-electron chi connectivity index (χ0n) is 44.7. The Morgan fingerprint density at radius 3 is 1.88 bits per heavy atom. The minimum atomic E-state index is -0.738. The van der Waals surface area contributed by atoms with Crippen LogP contribution in [0.2, 0.25) is 0 Å². The van der Waals surface area contributed by atoms with Crippen LogP contribution in [0.3, 0.4) is 0 Å². The van der Waals surface area contributed by atoms with Gasteiger partial charge in [-0.2, -0.15) is 0 Å². The number of hydrogen-bond acceptors (Lipinski definition) is 15. The fourth-order valence-electron chi connectivity index (χ4n) is 8.61. The van der Waals surface area contributed by atoms with E-state index >= 15 is 0 Å². The van der Waals surface area contributed by atoms with Gasteiger partial charge >= 0.3 is 0 Å². The maximum absolute atomic E-state index is 14.1. The van der Waals surface area contributed by atoms with E-state index in [4.69, 9.17) is 32.2 Å². The van der Waals surface area contributed by atoms with E-state index in [0.717, 1.165) is 12.0 Å². The maximum Gasteiger partial charge on any atom is 0.251 e. The number of carbonyl (C=O) groups excluding carboxylic acids is 9. The van der Waals surface area contributed by atoms with Crippen LogP contribution in [-0.2, 0) is 54.3 Å². The number of rotatable bonds is 30. The molecule has 2 aromatic rings. The number of methoxy groups -OCH3 is 2. The Morgan fingerprint density at radius 2 is 1.37 bits per heavy atom. The molecule has 1 saturated heterocycles. The van der Waals surface area contributed by atoms with Gasteiger partial charge in [0.05, 0.1) is 86.8 Å². The number of likely N-dealkylation sites (tertiary alicyclic amines) is 1. The van der Waals surface area contributed by atoms with Crippen LogP contribution >= 0.6 is 0 Å². The lowest BCUT2D eigenvalue weighted by molar-refractivity contribution is -0.146. The summed E-state index contributed by atoms with van der Waals surface area (Å²) in [6.07, 6.45) is 0.957. The van der Waals surface area contributed by atoms with Crippen molar-refractivity contribution in [1.29, 1.82) is 0 Å². The van der Waals surface area contributed by atoms with Gasteiger partial charge in [-0.3, -0.25) is 43.2 Å². The Labute approximate surface area is 443 Å². The van der Waals surface area contributed by atoms with Crippen molar-refractivity contribution >= 4 is 70.2 Å². The van der Waals surface area contributed by atoms with Crippen LogP contribution in [0.25, 0.3) is 10.4 Å². The number of amides is 9. The number of anilines is 3. The van der Waals surface area contributed by atoms with Crippen molar-refractivity contribution in [2.24, 2.45) is 28.6 Å². The van der Waals surface area contributed by atoms with Crippen molar-refractivity contribution < 1.29 is 52.6 Å². The zero-order chi connectivity index (χ0) is 56.6. The SMILES string of the molecule is CC[C@H](C)[C@@H]([C@@H](CC(=O)N1CCC[C@H]1[C@H](OC)[C@@H](C)C(=O)N[C@H](CN=[N+]=[N-])Cc1ccc(NC(=O)CNC(=O)CNC(=O)CNC(=O)CNC(=O)CNC(=O)c2ccc(N)c(N)c2)cc1)OC)N(C)C(=O)[C@@H](N)C(C)C. The van der Waals surface area contributed by atoms with Gasteiger partial charge in [0.1, 0.15) is 0 Å². The molecule has 0 spiro atoms. The van der Waals surface area contributed by atoms with Crippen molar-refractivity contribution in [3.05, 3.63) is 64.0 Å². The molecule has 3 rings (SSSR count). The van der Waals surface area contributed by atoms with Gasteiger partial charge in [-0.05, 0) is 72.5 Å². The van der Waals surface area contributed by atoms with Crippen molar-refractivity contribution in [1.82, 2.24) is 41.7 Å². The number of azide groups is 1. The standard InChI is InChI=1S/C50H77N15O11/c1-9-29(4)46(64(6)50(74)45(53)28(2)3)38(75-7)21-44(71)65-18-10-11-37(65)47(76-8)30(5)48(72)62-34(22-60-63-54)19-31-12-15-33(16-13-31)61-43(70)27-58-41(68)25-56-39(66)23-55-40(67)24-57-42(69)26-59-49(73)32-14-17-35(51)36(52)20-32/h12-17,20,28-30,34,37-38,45-47H,9-11,18-19,21-27,51-53H2,1-8H3,(H,55,67)(H,56,66)(H,57,69)(H,58,68)(H,59,73)(H,61,70)(H,62,72)/t29-,30+,34-,37-,38+,45-,46-,47+/m0/s1. The molecule has 0 unspecified atom stereocenters. The lowest BCUT2D eigenvalue weighted by Gasteiger charge is -2.40. The average Bonchev–Trinajstić information content (AvgIpc) is 3.89. The lowest BCUT2D eigenvalue weighted by atomic mass is 9.89. The normalized spacial score (nSPS) is 15.8. The minimum absolute atomic E-state index is 0.00120. The molecule has 13 N–H and O–H groups in total. The molecule has 0 saturated carbocycles. The quantitative estimate of drug-likeness (QED) is 0.0212. The van der Waals surface area contributed by atoms with E-state index < -0.39 is 110 Å². The van der Waals surface area contributed by atoms with Gasteiger partial charge in [0, 0.05) is 56.6 Å². The van der Waals surface area contributed by atoms with Crippen molar-refractivity contribution in [3.8, 4) is 0 Å². The Bertz CT molecular complexity index is 2380. The fourth-order valence-corrected chi connectivity index (χ4v) is 8.61. The van der Waals surface area contributed by atoms with E-state index in [9.17, 15) is 43.2 Å². The number of likely N-dealkylation sites (N-methyl/N-ethyl adjacent to an activating group) is 1. The Morgan fingerprint density at radius 1 is 0.803 bits per heavy atom. The second-order valence-corrected chi connectivity index (χ2v) is 19.1. The first-order valence-electron chi connectivity index (χ1n) is 25.1. The van der Waals surface area contributed by atoms with Gasteiger partial charge in [-0.15, -0.1) is 0 Å². The van der Waals surface area contributed by atoms with Gasteiger partial charge in [-0.25, -0.2) is 0 Å². The third-order valence-corrected chi connectivity index (χ3v) is 13.2. The summed E-state index contributed by atoms with van der Waals surface area (Å²) in [6, 6.07) is 8.69. The number of carbonyl (C=O) groups is 9. The Hall–Kier alpha value is -7.54. The van der Waals surface area contributed by atoms with Crippen LogP contribution in [0, 0.1) is 17.8 Å². The summed E-state index contributed by atoms with van der Waals surface area (Å²) in [5, 5.41) is 21.0. The summed E-state index contributed by atoms with van der Waals surface area (Å²) in [5.41, 5.74) is 28.5. The molecule has 1 heterocycles. The van der Waals surface area contributed by atoms with Crippen LogP contribution in [-0.4, -0.2) is 166 Å². The number of nitrogens with one attached hydrogen (secondary N) is 7. The molecule has 1 aliphatic rings. The van der Waals surface area contributed by atoms with Crippen LogP contribution in [0.4, 0.5) is 17.1 Å². The molecule has 1 aliphatic heterocycles. The topological polar surface area (TPSA) is 390 Å².